The fraction of sp³-hybridized carbons (Fsp3) is 0.941. The number of carbonyl (C=O) groups excluding carboxylic acids is 1. The molecule has 2 rings (SSSR count). The molecule has 0 aromatic heterocycles. The average Bonchev–Trinajstić information content (AvgIpc) is 2.97. The second-order valence-corrected chi connectivity index (χ2v) is 8.07. The van der Waals surface area contributed by atoms with E-state index in [1.807, 2.05) is 0 Å². The Morgan fingerprint density at radius 1 is 1.20 bits per heavy atom. The van der Waals surface area contributed by atoms with Crippen molar-refractivity contribution in [1.29, 1.82) is 0 Å². The molecule has 1 amide bonds. The minimum absolute atomic E-state index is 0.00679. The summed E-state index contributed by atoms with van der Waals surface area (Å²) >= 11 is 0. The highest BCUT2D eigenvalue weighted by Crippen LogP contribution is 2.35. The molecule has 2 aliphatic rings. The highest BCUT2D eigenvalue weighted by molar-refractivity contribution is 5.77. The van der Waals surface area contributed by atoms with E-state index in [0.29, 0.717) is 18.4 Å². The first kappa shape index (κ1) is 15.8. The number of nitrogens with two attached hydrogens (primary N) is 1. The van der Waals surface area contributed by atoms with Gasteiger partial charge in [0.15, 0.2) is 0 Å². The third-order valence-corrected chi connectivity index (χ3v) is 4.87. The Labute approximate surface area is 124 Å². The number of hydrogen-bond donors (Lipinski definition) is 1. The molecule has 0 bridgehead atoms. The minimum Gasteiger partial charge on any atom is -0.339 e. The zero-order valence-electron chi connectivity index (χ0n) is 13.5. The zero-order valence-corrected chi connectivity index (χ0v) is 13.5. The van der Waals surface area contributed by atoms with Crippen molar-refractivity contribution in [1.82, 2.24) is 4.90 Å². The number of rotatable bonds is 4. The van der Waals surface area contributed by atoms with E-state index in [2.05, 4.69) is 25.7 Å². The highest BCUT2D eigenvalue weighted by atomic mass is 16.2. The lowest BCUT2D eigenvalue weighted by atomic mass is 9.87. The van der Waals surface area contributed by atoms with E-state index in [9.17, 15) is 4.79 Å². The molecule has 1 heterocycles. The number of hydrogen-bond acceptors (Lipinski definition) is 2. The summed E-state index contributed by atoms with van der Waals surface area (Å²) in [5, 5.41) is 0. The van der Waals surface area contributed by atoms with Gasteiger partial charge in [-0.3, -0.25) is 4.79 Å². The Hall–Kier alpha value is -0.570. The van der Waals surface area contributed by atoms with Gasteiger partial charge in [-0.1, -0.05) is 33.6 Å². The number of carbonyl (C=O) groups is 1. The van der Waals surface area contributed by atoms with Crippen LogP contribution in [-0.2, 0) is 4.79 Å². The standard InChI is InChI=1S/C17H32N2O/c1-17(2,3)12-14(18)11-16(20)19-10-6-9-15(19)13-7-4-5-8-13/h13-15H,4-12,18H2,1-3H3. The van der Waals surface area contributed by atoms with Gasteiger partial charge in [-0.15, -0.1) is 0 Å². The third-order valence-electron chi connectivity index (χ3n) is 4.87. The van der Waals surface area contributed by atoms with Crippen LogP contribution in [0.1, 0.15) is 72.1 Å². The van der Waals surface area contributed by atoms with Crippen molar-refractivity contribution >= 4 is 5.91 Å². The fourth-order valence-corrected chi connectivity index (χ4v) is 4.13. The molecule has 1 aliphatic heterocycles. The molecule has 1 saturated heterocycles. The SMILES string of the molecule is CC(C)(C)CC(N)CC(=O)N1CCCC1C1CCCC1. The van der Waals surface area contributed by atoms with Crippen molar-refractivity contribution in [3.05, 3.63) is 0 Å². The Morgan fingerprint density at radius 2 is 1.85 bits per heavy atom. The van der Waals surface area contributed by atoms with Crippen LogP contribution in [0.2, 0.25) is 0 Å². The number of nitrogens with zero attached hydrogens (tertiary/aromatic N) is 1. The van der Waals surface area contributed by atoms with Crippen molar-refractivity contribution < 1.29 is 4.79 Å². The van der Waals surface area contributed by atoms with Crippen molar-refractivity contribution in [2.45, 2.75) is 84.2 Å². The minimum atomic E-state index is 0.00679. The van der Waals surface area contributed by atoms with Crippen LogP contribution in [-0.4, -0.2) is 29.4 Å². The molecule has 2 unspecified atom stereocenters. The first-order valence-electron chi connectivity index (χ1n) is 8.42. The lowest BCUT2D eigenvalue weighted by Crippen LogP contribution is -2.42. The van der Waals surface area contributed by atoms with Crippen molar-refractivity contribution in [2.75, 3.05) is 6.54 Å². The molecule has 2 atom stereocenters. The van der Waals surface area contributed by atoms with E-state index < -0.39 is 0 Å². The molecule has 3 heteroatoms. The van der Waals surface area contributed by atoms with Gasteiger partial charge in [-0.25, -0.2) is 0 Å². The monoisotopic (exact) mass is 280 g/mol. The Kier molecular flexibility index (Phi) is 5.11. The van der Waals surface area contributed by atoms with Gasteiger partial charge >= 0.3 is 0 Å². The summed E-state index contributed by atoms with van der Waals surface area (Å²) in [6.45, 7) is 7.53. The number of amides is 1. The maximum atomic E-state index is 12.6. The summed E-state index contributed by atoms with van der Waals surface area (Å²) in [7, 11) is 0. The van der Waals surface area contributed by atoms with Crippen LogP contribution < -0.4 is 5.73 Å². The molecule has 2 fully saturated rings. The second-order valence-electron chi connectivity index (χ2n) is 8.07. The Bertz CT molecular complexity index is 328. The molecule has 0 radical (unpaired) electrons. The van der Waals surface area contributed by atoms with Crippen molar-refractivity contribution in [3.63, 3.8) is 0 Å². The summed E-state index contributed by atoms with van der Waals surface area (Å²) in [5.74, 6) is 1.07. The van der Waals surface area contributed by atoms with E-state index in [4.69, 9.17) is 5.73 Å². The first-order valence-corrected chi connectivity index (χ1v) is 8.42. The van der Waals surface area contributed by atoms with Gasteiger partial charge in [0.1, 0.15) is 0 Å². The summed E-state index contributed by atoms with van der Waals surface area (Å²) in [6, 6.07) is 0.527. The van der Waals surface area contributed by atoms with Crippen LogP contribution in [0.25, 0.3) is 0 Å². The molecule has 0 aromatic carbocycles. The normalized spacial score (nSPS) is 26.2. The van der Waals surface area contributed by atoms with Crippen LogP contribution in [0, 0.1) is 11.3 Å². The molecule has 3 nitrogen and oxygen atoms in total. The van der Waals surface area contributed by atoms with Crippen molar-refractivity contribution in [3.8, 4) is 0 Å². The summed E-state index contributed by atoms with van der Waals surface area (Å²) < 4.78 is 0. The quantitative estimate of drug-likeness (QED) is 0.858. The summed E-state index contributed by atoms with van der Waals surface area (Å²) in [6.07, 6.45) is 9.19. The largest absolute Gasteiger partial charge is 0.339 e. The average molecular weight is 280 g/mol. The van der Waals surface area contributed by atoms with E-state index in [0.717, 1.165) is 18.9 Å². The predicted molar refractivity (Wildman–Crippen MR) is 83.4 cm³/mol. The van der Waals surface area contributed by atoms with Gasteiger partial charge in [-0.05, 0) is 43.4 Å². The second kappa shape index (κ2) is 6.46. The Balaban J connectivity index is 1.87. The Morgan fingerprint density at radius 3 is 2.45 bits per heavy atom. The van der Waals surface area contributed by atoms with E-state index >= 15 is 0 Å². The maximum Gasteiger partial charge on any atom is 0.224 e. The van der Waals surface area contributed by atoms with Gasteiger partial charge in [0.2, 0.25) is 5.91 Å². The van der Waals surface area contributed by atoms with Crippen LogP contribution in [0.5, 0.6) is 0 Å². The molecule has 0 spiro atoms. The van der Waals surface area contributed by atoms with Gasteiger partial charge in [0.05, 0.1) is 0 Å². The van der Waals surface area contributed by atoms with Gasteiger partial charge in [-0.2, -0.15) is 0 Å². The first-order chi connectivity index (χ1) is 9.37. The number of likely N-dealkylation sites (tertiary alicyclic amines) is 1. The van der Waals surface area contributed by atoms with Crippen LogP contribution in [0.15, 0.2) is 0 Å². The van der Waals surface area contributed by atoms with Crippen LogP contribution in [0.4, 0.5) is 0 Å². The topological polar surface area (TPSA) is 46.3 Å². The zero-order chi connectivity index (χ0) is 14.8. The lowest BCUT2D eigenvalue weighted by molar-refractivity contribution is -0.133. The third kappa shape index (κ3) is 4.21. The molecule has 0 aromatic rings. The molecule has 1 aliphatic carbocycles. The van der Waals surface area contributed by atoms with Crippen molar-refractivity contribution in [2.24, 2.45) is 17.1 Å². The van der Waals surface area contributed by atoms with Crippen LogP contribution in [0.3, 0.4) is 0 Å². The molecular weight excluding hydrogens is 248 g/mol. The van der Waals surface area contributed by atoms with E-state index in [1.54, 1.807) is 0 Å². The molecular formula is C17H32N2O. The predicted octanol–water partition coefficient (Wildman–Crippen LogP) is 3.32. The van der Waals surface area contributed by atoms with Gasteiger partial charge < -0.3 is 10.6 Å². The highest BCUT2D eigenvalue weighted by Gasteiger charge is 2.36. The van der Waals surface area contributed by atoms with Crippen LogP contribution >= 0.6 is 0 Å². The van der Waals surface area contributed by atoms with E-state index in [1.165, 1.54) is 38.5 Å². The molecule has 20 heavy (non-hydrogen) atoms. The molecule has 1 saturated carbocycles. The smallest absolute Gasteiger partial charge is 0.224 e. The molecule has 2 N–H and O–H groups in total. The van der Waals surface area contributed by atoms with E-state index in [-0.39, 0.29) is 11.5 Å². The summed E-state index contributed by atoms with van der Waals surface area (Å²) in [5.41, 5.74) is 6.38. The van der Waals surface area contributed by atoms with Gasteiger partial charge in [0, 0.05) is 25.0 Å². The molecule has 116 valence electrons. The summed E-state index contributed by atoms with van der Waals surface area (Å²) in [4.78, 5) is 14.7. The fourth-order valence-electron chi connectivity index (χ4n) is 4.13. The van der Waals surface area contributed by atoms with Gasteiger partial charge in [0.25, 0.3) is 0 Å². The lowest BCUT2D eigenvalue weighted by Gasteiger charge is -2.31. The maximum absolute atomic E-state index is 12.6.